The number of rotatable bonds is 18. The Balaban J connectivity index is 1.19. The number of anilines is 1. The Bertz CT molecular complexity index is 1360. The molecule has 1 aromatic carbocycles. The van der Waals surface area contributed by atoms with Gasteiger partial charge in [0.2, 0.25) is 5.91 Å². The number of nitrogens with one attached hydrogen (secondary N) is 5. The van der Waals surface area contributed by atoms with E-state index in [1.54, 1.807) is 24.3 Å². The van der Waals surface area contributed by atoms with Crippen LogP contribution in [0, 0.1) is 5.92 Å². The smallest absolute Gasteiger partial charge is 0.408 e. The quantitative estimate of drug-likeness (QED) is 0.101. The minimum Gasteiger partial charge on any atom is -0.480 e. The highest BCUT2D eigenvalue weighted by atomic mass is 32.2. The molecule has 1 heterocycles. The van der Waals surface area contributed by atoms with Crippen LogP contribution in [0.15, 0.2) is 41.8 Å². The summed E-state index contributed by atoms with van der Waals surface area (Å²) in [5.74, 6) is -2.57. The average Bonchev–Trinajstić information content (AvgIpc) is 3.37. The number of para-hydroxylation sites is 1. The van der Waals surface area contributed by atoms with Crippen LogP contribution in [0.1, 0.15) is 83.5 Å². The maximum atomic E-state index is 13.3. The number of carbonyl (C=O) groups is 4. The topological polar surface area (TPSA) is 192 Å². The minimum absolute atomic E-state index is 0.0724. The summed E-state index contributed by atoms with van der Waals surface area (Å²) in [6.07, 6.45) is 10.3. The number of hydrogen-bond donors (Lipinski definition) is 6. The number of carboxylic acids is 1. The first kappa shape index (κ1) is 35.2. The van der Waals surface area contributed by atoms with Gasteiger partial charge in [-0.1, -0.05) is 43.9 Å². The first-order chi connectivity index (χ1) is 22.1. The van der Waals surface area contributed by atoms with Crippen molar-refractivity contribution in [3.8, 4) is 0 Å². The molecule has 46 heavy (non-hydrogen) atoms. The Morgan fingerprint density at radius 3 is 2.43 bits per heavy atom. The molecule has 1 aliphatic heterocycles. The lowest BCUT2D eigenvalue weighted by Gasteiger charge is -2.21. The SMILES string of the molecule is C=C[C@@H]1C[C@]1(NC(=O)[C@@H]1CCCN1)C(=O)NS(=O)(=O)c1ccccc1NCCCCCCCC(NC(=O)OC1CCCC1)C(=O)O. The summed E-state index contributed by atoms with van der Waals surface area (Å²) >= 11 is 0. The summed E-state index contributed by atoms with van der Waals surface area (Å²) in [4.78, 5) is 49.6. The second kappa shape index (κ2) is 16.3. The fourth-order valence-corrected chi connectivity index (χ4v) is 7.41. The number of alkyl carbamates (subject to hydrolysis) is 1. The van der Waals surface area contributed by atoms with E-state index in [9.17, 15) is 32.7 Å². The molecule has 6 N–H and O–H groups in total. The van der Waals surface area contributed by atoms with Crippen molar-refractivity contribution in [2.75, 3.05) is 18.4 Å². The summed E-state index contributed by atoms with van der Waals surface area (Å²) < 4.78 is 34.2. The number of unbranched alkanes of at least 4 members (excludes halogenated alkanes) is 4. The fourth-order valence-electron chi connectivity index (χ4n) is 6.18. The number of amides is 3. The predicted molar refractivity (Wildman–Crippen MR) is 171 cm³/mol. The Hall–Kier alpha value is -3.65. The van der Waals surface area contributed by atoms with Gasteiger partial charge in [0, 0.05) is 12.5 Å². The van der Waals surface area contributed by atoms with Gasteiger partial charge in [-0.05, 0) is 76.5 Å². The van der Waals surface area contributed by atoms with Crippen LogP contribution in [0.2, 0.25) is 0 Å². The molecule has 254 valence electrons. The highest BCUT2D eigenvalue weighted by Gasteiger charge is 2.61. The van der Waals surface area contributed by atoms with Crippen molar-refractivity contribution in [2.24, 2.45) is 5.92 Å². The Morgan fingerprint density at radius 2 is 1.76 bits per heavy atom. The summed E-state index contributed by atoms with van der Waals surface area (Å²) in [6.45, 7) is 4.93. The molecule has 0 aromatic heterocycles. The van der Waals surface area contributed by atoms with Crippen LogP contribution in [0.3, 0.4) is 0 Å². The first-order valence-electron chi connectivity index (χ1n) is 16.3. The standard InChI is InChI=1S/C32H47N5O8S/c1-2-22-21-32(22,36-28(38)25-17-12-20-34-25)30(41)37-46(43,44)27-18-10-9-15-24(27)33-19-11-5-3-4-6-16-26(29(39)40)35-31(42)45-23-13-7-8-14-23/h2,9-10,15,18,22-23,25-26,33-34H,1,3-8,11-14,16-17,19-21H2,(H,35,42)(H,36,38)(H,37,41)(H,39,40)/t22-,25+,26?,32-/m1/s1. The number of benzene rings is 1. The van der Waals surface area contributed by atoms with E-state index in [1.807, 2.05) is 0 Å². The van der Waals surface area contributed by atoms with Crippen LogP contribution >= 0.6 is 0 Å². The molecule has 0 radical (unpaired) electrons. The lowest BCUT2D eigenvalue weighted by Crippen LogP contribution is -2.55. The molecule has 1 aromatic rings. The Morgan fingerprint density at radius 1 is 1.04 bits per heavy atom. The molecule has 3 fully saturated rings. The van der Waals surface area contributed by atoms with Gasteiger partial charge in [0.05, 0.1) is 11.7 Å². The lowest BCUT2D eigenvalue weighted by molar-refractivity contribution is -0.139. The Labute approximate surface area is 270 Å². The lowest BCUT2D eigenvalue weighted by atomic mass is 10.1. The van der Waals surface area contributed by atoms with Gasteiger partial charge in [-0.25, -0.2) is 22.7 Å². The predicted octanol–water partition coefficient (Wildman–Crippen LogP) is 3.18. The second-order valence-corrected chi connectivity index (χ2v) is 14.1. The van der Waals surface area contributed by atoms with Gasteiger partial charge in [0.15, 0.2) is 0 Å². The number of ether oxygens (including phenoxy) is 1. The second-order valence-electron chi connectivity index (χ2n) is 12.4. The van der Waals surface area contributed by atoms with Gasteiger partial charge in [-0.2, -0.15) is 0 Å². The molecule has 4 rings (SSSR count). The van der Waals surface area contributed by atoms with Gasteiger partial charge >= 0.3 is 12.1 Å². The molecule has 2 aliphatic carbocycles. The third-order valence-electron chi connectivity index (χ3n) is 8.98. The fraction of sp³-hybridized carbons (Fsp3) is 0.625. The van der Waals surface area contributed by atoms with Crippen LogP contribution in [0.5, 0.6) is 0 Å². The zero-order valence-electron chi connectivity index (χ0n) is 26.2. The summed E-state index contributed by atoms with van der Waals surface area (Å²) in [6, 6.07) is 4.92. The van der Waals surface area contributed by atoms with Crippen LogP contribution in [0.25, 0.3) is 0 Å². The Kier molecular flexibility index (Phi) is 12.4. The molecule has 3 aliphatic rings. The van der Waals surface area contributed by atoms with Crippen molar-refractivity contribution in [3.05, 3.63) is 36.9 Å². The van der Waals surface area contributed by atoms with Crippen molar-refractivity contribution < 1.29 is 37.4 Å². The molecule has 0 spiro atoms. The molecule has 3 amide bonds. The molecule has 1 unspecified atom stereocenters. The maximum absolute atomic E-state index is 13.3. The van der Waals surface area contributed by atoms with E-state index in [4.69, 9.17) is 4.74 Å². The van der Waals surface area contributed by atoms with E-state index in [2.05, 4.69) is 32.6 Å². The third kappa shape index (κ3) is 9.44. The van der Waals surface area contributed by atoms with Crippen molar-refractivity contribution >= 4 is 39.6 Å². The number of sulfonamides is 1. The number of hydrogen-bond acceptors (Lipinski definition) is 9. The van der Waals surface area contributed by atoms with Crippen molar-refractivity contribution in [3.63, 3.8) is 0 Å². The van der Waals surface area contributed by atoms with E-state index in [0.717, 1.165) is 57.8 Å². The summed E-state index contributed by atoms with van der Waals surface area (Å²) in [7, 11) is -4.26. The third-order valence-corrected chi connectivity index (χ3v) is 10.4. The first-order valence-corrected chi connectivity index (χ1v) is 17.8. The monoisotopic (exact) mass is 661 g/mol. The molecule has 14 heteroatoms. The van der Waals surface area contributed by atoms with Gasteiger partial charge in [-0.3, -0.25) is 9.59 Å². The average molecular weight is 662 g/mol. The number of carboxylic acid groups (broad SMARTS) is 1. The van der Waals surface area contributed by atoms with Gasteiger partial charge in [0.1, 0.15) is 22.6 Å². The highest BCUT2D eigenvalue weighted by Crippen LogP contribution is 2.45. The molecular weight excluding hydrogens is 614 g/mol. The number of carbonyl (C=O) groups excluding carboxylic acids is 3. The zero-order chi connectivity index (χ0) is 33.2. The van der Waals surface area contributed by atoms with Crippen molar-refractivity contribution in [1.82, 2.24) is 20.7 Å². The molecule has 13 nitrogen and oxygen atoms in total. The van der Waals surface area contributed by atoms with Crippen LogP contribution < -0.4 is 26.0 Å². The summed E-state index contributed by atoms with van der Waals surface area (Å²) in [5.41, 5.74) is -0.996. The van der Waals surface area contributed by atoms with Crippen LogP contribution in [0.4, 0.5) is 10.5 Å². The maximum Gasteiger partial charge on any atom is 0.408 e. The highest BCUT2D eigenvalue weighted by molar-refractivity contribution is 7.90. The van der Waals surface area contributed by atoms with E-state index in [-0.39, 0.29) is 29.2 Å². The van der Waals surface area contributed by atoms with Gasteiger partial charge in [-0.15, -0.1) is 6.58 Å². The van der Waals surface area contributed by atoms with E-state index < -0.39 is 45.6 Å². The molecule has 0 bridgehead atoms. The molecule has 4 atom stereocenters. The minimum atomic E-state index is -4.26. The van der Waals surface area contributed by atoms with E-state index in [0.29, 0.717) is 38.0 Å². The van der Waals surface area contributed by atoms with Crippen LogP contribution in [-0.2, 0) is 29.1 Å². The normalized spacial score (nSPS) is 23.2. The summed E-state index contributed by atoms with van der Waals surface area (Å²) in [5, 5.41) is 20.9. The number of aliphatic carboxylic acids is 1. The molecular formula is C32H47N5O8S. The zero-order valence-corrected chi connectivity index (χ0v) is 27.0. The van der Waals surface area contributed by atoms with Gasteiger partial charge < -0.3 is 31.1 Å². The van der Waals surface area contributed by atoms with E-state index >= 15 is 0 Å². The van der Waals surface area contributed by atoms with Crippen molar-refractivity contribution in [2.45, 2.75) is 112 Å². The largest absolute Gasteiger partial charge is 0.480 e. The van der Waals surface area contributed by atoms with Crippen LogP contribution in [-0.4, -0.2) is 74.2 Å². The van der Waals surface area contributed by atoms with Gasteiger partial charge in [0.25, 0.3) is 15.9 Å². The van der Waals surface area contributed by atoms with E-state index in [1.165, 1.54) is 6.07 Å². The molecule has 1 saturated heterocycles. The van der Waals surface area contributed by atoms with Crippen molar-refractivity contribution in [1.29, 1.82) is 0 Å². The molecule has 2 saturated carbocycles.